The van der Waals surface area contributed by atoms with E-state index in [2.05, 4.69) is 9.69 Å². The number of nitrogens with two attached hydrogens (primary N) is 2. The lowest BCUT2D eigenvalue weighted by Gasteiger charge is -2.34. The van der Waals surface area contributed by atoms with Gasteiger partial charge in [-0.05, 0) is 68.9 Å². The summed E-state index contributed by atoms with van der Waals surface area (Å²) in [6, 6.07) is 4.33. The molecule has 0 aliphatic carbocycles. The lowest BCUT2D eigenvalue weighted by atomic mass is 9.98. The van der Waals surface area contributed by atoms with Crippen LogP contribution < -0.4 is 21.7 Å². The summed E-state index contributed by atoms with van der Waals surface area (Å²) in [5.74, 6) is -2.26. The molecule has 5 N–H and O–H groups in total. The summed E-state index contributed by atoms with van der Waals surface area (Å²) in [6.45, 7) is 9.36. The third kappa shape index (κ3) is 6.00. The average molecular weight is 450 g/mol. The predicted molar refractivity (Wildman–Crippen MR) is 119 cm³/mol. The van der Waals surface area contributed by atoms with Crippen LogP contribution in [0.5, 0.6) is 0 Å². The summed E-state index contributed by atoms with van der Waals surface area (Å²) in [7, 11) is 0. The number of nitrogen functional groups attached to an aromatic ring is 1. The second-order valence-corrected chi connectivity index (χ2v) is 9.45. The van der Waals surface area contributed by atoms with E-state index in [-0.39, 0.29) is 28.1 Å². The summed E-state index contributed by atoms with van der Waals surface area (Å²) in [4.78, 5) is 39.6. The van der Waals surface area contributed by atoms with E-state index >= 15 is 0 Å². The average Bonchev–Trinajstić information content (AvgIpc) is 3.02. The Bertz CT molecular complexity index is 966. The molecule has 0 saturated carbocycles. The molecular formula is C21H28FN5O3S. The molecule has 0 saturated heterocycles. The number of nitrogens with zero attached hydrogens (tertiary/aromatic N) is 2. The van der Waals surface area contributed by atoms with Crippen molar-refractivity contribution in [3.8, 4) is 0 Å². The lowest BCUT2D eigenvalue weighted by Crippen LogP contribution is -2.54. The SMILES string of the molecule is CC(C)CC(C(=O)NC(C)(C)C)N(C(=O)c1snc(C(N)=O)c1N)c1ccc(F)cc1. The maximum atomic E-state index is 13.6. The first kappa shape index (κ1) is 24.3. The Morgan fingerprint density at radius 2 is 1.77 bits per heavy atom. The summed E-state index contributed by atoms with van der Waals surface area (Å²) < 4.78 is 17.4. The molecular weight excluding hydrogens is 421 g/mol. The van der Waals surface area contributed by atoms with Crippen LogP contribution in [0.4, 0.5) is 15.8 Å². The Hall–Kier alpha value is -3.01. The molecule has 0 fully saturated rings. The fourth-order valence-corrected chi connectivity index (χ4v) is 3.75. The van der Waals surface area contributed by atoms with Gasteiger partial charge in [0.05, 0.1) is 5.69 Å². The van der Waals surface area contributed by atoms with E-state index in [9.17, 15) is 18.8 Å². The molecule has 3 amide bonds. The molecule has 2 aromatic rings. The van der Waals surface area contributed by atoms with Crippen molar-refractivity contribution in [1.29, 1.82) is 0 Å². The molecule has 1 unspecified atom stereocenters. The minimum Gasteiger partial charge on any atom is -0.395 e. The summed E-state index contributed by atoms with van der Waals surface area (Å²) in [6.07, 6.45) is 0.340. The molecule has 2 rings (SSSR count). The predicted octanol–water partition coefficient (Wildman–Crippen LogP) is 2.94. The third-order valence-corrected chi connectivity index (χ3v) is 5.14. The summed E-state index contributed by atoms with van der Waals surface area (Å²) >= 11 is 0.727. The standard InChI is InChI=1S/C21H28FN5O3S/c1-11(2)10-14(19(29)25-21(3,4)5)27(13-8-6-12(22)7-9-13)20(30)17-15(23)16(18(24)28)26-31-17/h6-9,11,14H,10,23H2,1-5H3,(H2,24,28)(H,25,29). The molecule has 31 heavy (non-hydrogen) atoms. The van der Waals surface area contributed by atoms with Crippen LogP contribution in [0, 0.1) is 11.7 Å². The number of nitrogens with one attached hydrogen (secondary N) is 1. The summed E-state index contributed by atoms with van der Waals surface area (Å²) in [5, 5.41) is 2.91. The van der Waals surface area contributed by atoms with Crippen molar-refractivity contribution in [2.75, 3.05) is 10.6 Å². The minimum atomic E-state index is -0.907. The first-order valence-corrected chi connectivity index (χ1v) is 10.5. The van der Waals surface area contributed by atoms with Crippen LogP contribution in [0.15, 0.2) is 24.3 Å². The molecule has 1 atom stereocenters. The molecule has 0 aliphatic heterocycles. The largest absolute Gasteiger partial charge is 0.395 e. The molecule has 168 valence electrons. The van der Waals surface area contributed by atoms with E-state index in [1.165, 1.54) is 29.2 Å². The molecule has 1 aromatic carbocycles. The van der Waals surface area contributed by atoms with Crippen molar-refractivity contribution >= 4 is 40.6 Å². The van der Waals surface area contributed by atoms with Gasteiger partial charge < -0.3 is 16.8 Å². The number of rotatable bonds is 7. The second kappa shape index (κ2) is 9.42. The van der Waals surface area contributed by atoms with Gasteiger partial charge in [-0.2, -0.15) is 4.37 Å². The van der Waals surface area contributed by atoms with E-state index in [4.69, 9.17) is 11.5 Å². The molecule has 1 aromatic heterocycles. The monoisotopic (exact) mass is 449 g/mol. The van der Waals surface area contributed by atoms with Crippen LogP contribution in [-0.4, -0.2) is 33.7 Å². The number of hydrogen-bond acceptors (Lipinski definition) is 6. The topological polar surface area (TPSA) is 131 Å². The molecule has 8 nitrogen and oxygen atoms in total. The van der Waals surface area contributed by atoms with Crippen molar-refractivity contribution in [1.82, 2.24) is 9.69 Å². The molecule has 1 heterocycles. The van der Waals surface area contributed by atoms with Crippen molar-refractivity contribution in [2.24, 2.45) is 11.7 Å². The Balaban J connectivity index is 2.61. The van der Waals surface area contributed by atoms with Gasteiger partial charge in [0.1, 0.15) is 16.7 Å². The van der Waals surface area contributed by atoms with E-state index < -0.39 is 29.2 Å². The van der Waals surface area contributed by atoms with Gasteiger partial charge in [0, 0.05) is 11.2 Å². The Labute approximate surface area is 185 Å². The van der Waals surface area contributed by atoms with Gasteiger partial charge in [-0.3, -0.25) is 19.3 Å². The van der Waals surface area contributed by atoms with Gasteiger partial charge in [0.25, 0.3) is 11.8 Å². The number of anilines is 2. The molecule has 0 radical (unpaired) electrons. The van der Waals surface area contributed by atoms with Crippen molar-refractivity contribution < 1.29 is 18.8 Å². The van der Waals surface area contributed by atoms with Gasteiger partial charge in [-0.15, -0.1) is 0 Å². The molecule has 0 aliphatic rings. The van der Waals surface area contributed by atoms with Crippen molar-refractivity contribution in [2.45, 2.75) is 52.6 Å². The maximum Gasteiger partial charge on any atom is 0.272 e. The third-order valence-electron chi connectivity index (χ3n) is 4.29. The highest BCUT2D eigenvalue weighted by atomic mass is 32.1. The first-order chi connectivity index (χ1) is 14.3. The fraction of sp³-hybridized carbons (Fsp3) is 0.429. The quantitative estimate of drug-likeness (QED) is 0.598. The number of carbonyl (C=O) groups is 3. The molecule has 0 bridgehead atoms. The number of amides is 3. The fourth-order valence-electron chi connectivity index (χ4n) is 3.01. The number of aromatic nitrogens is 1. The van der Waals surface area contributed by atoms with Crippen molar-refractivity contribution in [3.05, 3.63) is 40.7 Å². The van der Waals surface area contributed by atoms with Crippen LogP contribution in [0.25, 0.3) is 0 Å². The van der Waals surface area contributed by atoms with E-state index in [0.29, 0.717) is 12.1 Å². The number of benzene rings is 1. The molecule has 0 spiro atoms. The number of primary amides is 1. The maximum absolute atomic E-state index is 13.6. The van der Waals surface area contributed by atoms with Crippen LogP contribution >= 0.6 is 11.5 Å². The van der Waals surface area contributed by atoms with Crippen LogP contribution in [0.1, 0.15) is 61.2 Å². The van der Waals surface area contributed by atoms with E-state index in [0.717, 1.165) is 11.5 Å². The zero-order valence-corrected chi connectivity index (χ0v) is 19.0. The van der Waals surface area contributed by atoms with Crippen LogP contribution in [0.3, 0.4) is 0 Å². The lowest BCUT2D eigenvalue weighted by molar-refractivity contribution is -0.124. The Morgan fingerprint density at radius 3 is 2.23 bits per heavy atom. The minimum absolute atomic E-state index is 0.0181. The second-order valence-electron chi connectivity index (χ2n) is 8.67. The molecule has 10 heteroatoms. The summed E-state index contributed by atoms with van der Waals surface area (Å²) in [5.41, 5.74) is 10.7. The highest BCUT2D eigenvalue weighted by Gasteiger charge is 2.36. The highest BCUT2D eigenvalue weighted by molar-refractivity contribution is 7.09. The zero-order valence-electron chi connectivity index (χ0n) is 18.2. The van der Waals surface area contributed by atoms with Gasteiger partial charge >= 0.3 is 0 Å². The van der Waals surface area contributed by atoms with Crippen molar-refractivity contribution in [3.63, 3.8) is 0 Å². The van der Waals surface area contributed by atoms with E-state index in [1.807, 2.05) is 34.6 Å². The normalized spacial score (nSPS) is 12.5. The van der Waals surface area contributed by atoms with Gasteiger partial charge in [0.2, 0.25) is 5.91 Å². The van der Waals surface area contributed by atoms with E-state index in [1.54, 1.807) is 0 Å². The van der Waals surface area contributed by atoms with Gasteiger partial charge in [0.15, 0.2) is 5.69 Å². The smallest absolute Gasteiger partial charge is 0.272 e. The number of hydrogen-bond donors (Lipinski definition) is 3. The van der Waals surface area contributed by atoms with Crippen LogP contribution in [-0.2, 0) is 4.79 Å². The highest BCUT2D eigenvalue weighted by Crippen LogP contribution is 2.29. The van der Waals surface area contributed by atoms with Gasteiger partial charge in [-0.25, -0.2) is 4.39 Å². The first-order valence-electron chi connectivity index (χ1n) is 9.78. The van der Waals surface area contributed by atoms with Crippen LogP contribution in [0.2, 0.25) is 0 Å². The number of halogens is 1. The number of carbonyl (C=O) groups excluding carboxylic acids is 3. The Morgan fingerprint density at radius 1 is 1.19 bits per heavy atom. The zero-order chi connectivity index (χ0) is 23.5. The Kier molecular flexibility index (Phi) is 7.37. The van der Waals surface area contributed by atoms with Gasteiger partial charge in [-0.1, -0.05) is 13.8 Å².